The summed E-state index contributed by atoms with van der Waals surface area (Å²) < 4.78 is 5.01. The molecule has 0 spiro atoms. The quantitative estimate of drug-likeness (QED) is 0.806. The van der Waals surface area contributed by atoms with Crippen molar-refractivity contribution in [3.63, 3.8) is 0 Å². The van der Waals surface area contributed by atoms with Crippen LogP contribution in [-0.2, 0) is 19.9 Å². The molecule has 0 fully saturated rings. The van der Waals surface area contributed by atoms with Crippen LogP contribution >= 0.6 is 0 Å². The van der Waals surface area contributed by atoms with Crippen LogP contribution in [-0.4, -0.2) is 18.5 Å². The standard InChI is InChI=1S/C13H17NO3/c1-4-17-12(16)13(3,14-10(2)15)11-8-6-5-7-9-11/h5-9H,4H2,1-3H3,(H,14,15)/t13-/m1/s1. The monoisotopic (exact) mass is 235 g/mol. The van der Waals surface area contributed by atoms with Crippen molar-refractivity contribution < 1.29 is 14.3 Å². The second-order valence-corrected chi connectivity index (χ2v) is 3.89. The van der Waals surface area contributed by atoms with Gasteiger partial charge >= 0.3 is 5.97 Å². The summed E-state index contributed by atoms with van der Waals surface area (Å²) in [5, 5.41) is 2.64. The van der Waals surface area contributed by atoms with Crippen LogP contribution in [0.5, 0.6) is 0 Å². The lowest BCUT2D eigenvalue weighted by molar-refractivity contribution is -0.152. The molecular formula is C13H17NO3. The highest BCUT2D eigenvalue weighted by Gasteiger charge is 2.37. The van der Waals surface area contributed by atoms with Gasteiger partial charge in [0.2, 0.25) is 5.91 Å². The van der Waals surface area contributed by atoms with E-state index in [1.54, 1.807) is 26.0 Å². The van der Waals surface area contributed by atoms with E-state index in [1.165, 1.54) is 6.92 Å². The molecule has 0 unspecified atom stereocenters. The van der Waals surface area contributed by atoms with Crippen molar-refractivity contribution in [3.8, 4) is 0 Å². The summed E-state index contributed by atoms with van der Waals surface area (Å²) in [6.45, 7) is 5.03. The van der Waals surface area contributed by atoms with Gasteiger partial charge in [-0.1, -0.05) is 30.3 Å². The SMILES string of the molecule is CCOC(=O)[C@](C)(NC(C)=O)c1ccccc1. The second kappa shape index (κ2) is 5.48. The maximum Gasteiger partial charge on any atom is 0.336 e. The van der Waals surface area contributed by atoms with Gasteiger partial charge in [0.25, 0.3) is 0 Å². The summed E-state index contributed by atoms with van der Waals surface area (Å²) in [7, 11) is 0. The smallest absolute Gasteiger partial charge is 0.336 e. The Morgan fingerprint density at radius 1 is 1.29 bits per heavy atom. The lowest BCUT2D eigenvalue weighted by atomic mass is 9.92. The molecule has 0 bridgehead atoms. The van der Waals surface area contributed by atoms with E-state index in [2.05, 4.69) is 5.32 Å². The zero-order valence-electron chi connectivity index (χ0n) is 10.3. The first-order valence-electron chi connectivity index (χ1n) is 5.52. The molecule has 0 aliphatic heterocycles. The fourth-order valence-corrected chi connectivity index (χ4v) is 1.64. The number of amides is 1. The largest absolute Gasteiger partial charge is 0.464 e. The Morgan fingerprint density at radius 3 is 2.35 bits per heavy atom. The van der Waals surface area contributed by atoms with Crippen molar-refractivity contribution in [2.75, 3.05) is 6.61 Å². The van der Waals surface area contributed by atoms with Crippen LogP contribution in [0, 0.1) is 0 Å². The highest BCUT2D eigenvalue weighted by molar-refractivity contribution is 5.88. The predicted octanol–water partition coefficient (Wildman–Crippen LogP) is 1.60. The summed E-state index contributed by atoms with van der Waals surface area (Å²) in [5.41, 5.74) is -0.433. The topological polar surface area (TPSA) is 55.4 Å². The number of esters is 1. The highest BCUT2D eigenvalue weighted by Crippen LogP contribution is 2.22. The number of carbonyl (C=O) groups is 2. The normalized spacial score (nSPS) is 13.6. The molecule has 0 saturated carbocycles. The van der Waals surface area contributed by atoms with Gasteiger partial charge in [0.05, 0.1) is 6.61 Å². The first-order chi connectivity index (χ1) is 8.00. The van der Waals surface area contributed by atoms with E-state index in [-0.39, 0.29) is 12.5 Å². The van der Waals surface area contributed by atoms with E-state index in [0.29, 0.717) is 5.56 Å². The Bertz CT molecular complexity index is 402. The number of ether oxygens (including phenoxy) is 1. The van der Waals surface area contributed by atoms with Crippen LogP contribution in [0.2, 0.25) is 0 Å². The molecule has 4 heteroatoms. The lowest BCUT2D eigenvalue weighted by Crippen LogP contribution is -2.49. The van der Waals surface area contributed by atoms with Crippen LogP contribution < -0.4 is 5.32 Å². The molecule has 1 N–H and O–H groups in total. The van der Waals surface area contributed by atoms with Crippen molar-refractivity contribution in [2.24, 2.45) is 0 Å². The fourth-order valence-electron chi connectivity index (χ4n) is 1.64. The van der Waals surface area contributed by atoms with E-state index in [9.17, 15) is 9.59 Å². The number of benzene rings is 1. The van der Waals surface area contributed by atoms with Crippen molar-refractivity contribution in [1.82, 2.24) is 5.32 Å². The Kier molecular flexibility index (Phi) is 4.26. The number of hydrogen-bond acceptors (Lipinski definition) is 3. The van der Waals surface area contributed by atoms with E-state index < -0.39 is 11.5 Å². The fraction of sp³-hybridized carbons (Fsp3) is 0.385. The van der Waals surface area contributed by atoms with Crippen LogP contribution in [0.15, 0.2) is 30.3 Å². The average Bonchev–Trinajstić information content (AvgIpc) is 2.29. The van der Waals surface area contributed by atoms with E-state index in [4.69, 9.17) is 4.74 Å². The number of carbonyl (C=O) groups excluding carboxylic acids is 2. The third-order valence-corrected chi connectivity index (χ3v) is 2.46. The van der Waals surface area contributed by atoms with Crippen LogP contribution in [0.1, 0.15) is 26.3 Å². The Labute approximate surface area is 101 Å². The maximum atomic E-state index is 12.0. The molecule has 92 valence electrons. The molecule has 1 aromatic rings. The molecule has 0 radical (unpaired) electrons. The summed E-state index contributed by atoms with van der Waals surface area (Å²) >= 11 is 0. The minimum atomic E-state index is -1.14. The van der Waals surface area contributed by atoms with Crippen LogP contribution in [0.3, 0.4) is 0 Å². The van der Waals surface area contributed by atoms with Crippen LogP contribution in [0.25, 0.3) is 0 Å². The molecule has 4 nitrogen and oxygen atoms in total. The minimum absolute atomic E-state index is 0.274. The molecule has 17 heavy (non-hydrogen) atoms. The van der Waals surface area contributed by atoms with Gasteiger partial charge in [0.15, 0.2) is 5.54 Å². The van der Waals surface area contributed by atoms with Gasteiger partial charge in [-0.2, -0.15) is 0 Å². The number of hydrogen-bond donors (Lipinski definition) is 1. The number of rotatable bonds is 4. The minimum Gasteiger partial charge on any atom is -0.464 e. The van der Waals surface area contributed by atoms with Gasteiger partial charge in [0, 0.05) is 6.92 Å². The van der Waals surface area contributed by atoms with Crippen molar-refractivity contribution in [2.45, 2.75) is 26.3 Å². The van der Waals surface area contributed by atoms with Crippen molar-refractivity contribution in [3.05, 3.63) is 35.9 Å². The molecule has 0 heterocycles. The maximum absolute atomic E-state index is 12.0. The van der Waals surface area contributed by atoms with Crippen molar-refractivity contribution >= 4 is 11.9 Å². The van der Waals surface area contributed by atoms with Gasteiger partial charge in [0.1, 0.15) is 0 Å². The van der Waals surface area contributed by atoms with Crippen LogP contribution in [0.4, 0.5) is 0 Å². The van der Waals surface area contributed by atoms with Crippen molar-refractivity contribution in [1.29, 1.82) is 0 Å². The van der Waals surface area contributed by atoms with Gasteiger partial charge in [-0.25, -0.2) is 4.79 Å². The first kappa shape index (κ1) is 13.2. The zero-order chi connectivity index (χ0) is 12.9. The lowest BCUT2D eigenvalue weighted by Gasteiger charge is -2.28. The Hall–Kier alpha value is -1.84. The Balaban J connectivity index is 3.10. The average molecular weight is 235 g/mol. The molecule has 0 aromatic heterocycles. The molecule has 1 amide bonds. The summed E-state index contributed by atoms with van der Waals surface area (Å²) in [5.74, 6) is -0.731. The molecule has 1 aromatic carbocycles. The van der Waals surface area contributed by atoms with Gasteiger partial charge in [-0.3, -0.25) is 4.79 Å². The van der Waals surface area contributed by atoms with E-state index in [0.717, 1.165) is 0 Å². The third kappa shape index (κ3) is 3.06. The van der Waals surface area contributed by atoms with E-state index in [1.807, 2.05) is 18.2 Å². The summed E-state index contributed by atoms with van der Waals surface area (Å²) in [6, 6.07) is 9.05. The van der Waals surface area contributed by atoms with Gasteiger partial charge in [-0.05, 0) is 19.4 Å². The molecule has 1 atom stereocenters. The van der Waals surface area contributed by atoms with Gasteiger partial charge in [-0.15, -0.1) is 0 Å². The molecule has 0 aliphatic carbocycles. The highest BCUT2D eigenvalue weighted by atomic mass is 16.5. The second-order valence-electron chi connectivity index (χ2n) is 3.89. The van der Waals surface area contributed by atoms with E-state index >= 15 is 0 Å². The zero-order valence-corrected chi connectivity index (χ0v) is 10.3. The summed E-state index contributed by atoms with van der Waals surface area (Å²) in [6.07, 6.45) is 0. The molecule has 0 saturated heterocycles. The summed E-state index contributed by atoms with van der Waals surface area (Å²) in [4.78, 5) is 23.2. The first-order valence-corrected chi connectivity index (χ1v) is 5.52. The number of nitrogens with one attached hydrogen (secondary N) is 1. The molecule has 0 aliphatic rings. The predicted molar refractivity (Wildman–Crippen MR) is 64.2 cm³/mol. The molecule has 1 rings (SSSR count). The molecular weight excluding hydrogens is 218 g/mol. The van der Waals surface area contributed by atoms with Gasteiger partial charge < -0.3 is 10.1 Å². The third-order valence-electron chi connectivity index (χ3n) is 2.46. The Morgan fingerprint density at radius 2 is 1.88 bits per heavy atom.